The molecule has 0 saturated carbocycles. The molecule has 1 aromatic carbocycles. The summed E-state index contributed by atoms with van der Waals surface area (Å²) in [4.78, 5) is 0. The number of methoxy groups -OCH3 is 2. The Hall–Kier alpha value is -1.28. The summed E-state index contributed by atoms with van der Waals surface area (Å²) in [5.41, 5.74) is 0.491. The lowest BCUT2D eigenvalue weighted by atomic mass is 10.1. The SMILES string of the molecule is COc1c(Br)cc(CC#N)c(OC)c1F. The summed E-state index contributed by atoms with van der Waals surface area (Å²) in [6.45, 7) is 0. The first-order valence-corrected chi connectivity index (χ1v) is 4.90. The molecule has 1 rings (SSSR count). The minimum atomic E-state index is -0.598. The van der Waals surface area contributed by atoms with Crippen LogP contribution in [0.4, 0.5) is 4.39 Å². The van der Waals surface area contributed by atoms with Gasteiger partial charge in [-0.05, 0) is 22.0 Å². The number of nitrogens with zero attached hydrogens (tertiary/aromatic N) is 1. The van der Waals surface area contributed by atoms with Gasteiger partial charge in [-0.2, -0.15) is 9.65 Å². The maximum Gasteiger partial charge on any atom is 0.208 e. The number of hydrogen-bond donors (Lipinski definition) is 0. The van der Waals surface area contributed by atoms with Crippen molar-refractivity contribution in [3.63, 3.8) is 0 Å². The zero-order chi connectivity index (χ0) is 11.4. The van der Waals surface area contributed by atoms with Crippen molar-refractivity contribution in [2.45, 2.75) is 6.42 Å². The van der Waals surface area contributed by atoms with Crippen LogP contribution in [0.15, 0.2) is 10.5 Å². The molecule has 80 valence electrons. The molecule has 0 atom stereocenters. The second-order valence-electron chi connectivity index (χ2n) is 2.73. The first kappa shape index (κ1) is 11.8. The summed E-state index contributed by atoms with van der Waals surface area (Å²) in [5.74, 6) is -0.468. The van der Waals surface area contributed by atoms with E-state index >= 15 is 0 Å². The highest BCUT2D eigenvalue weighted by atomic mass is 79.9. The van der Waals surface area contributed by atoms with Crippen LogP contribution in [0.1, 0.15) is 5.56 Å². The highest BCUT2D eigenvalue weighted by Crippen LogP contribution is 2.37. The lowest BCUT2D eigenvalue weighted by Gasteiger charge is -2.12. The molecule has 0 saturated heterocycles. The molecule has 0 aromatic heterocycles. The summed E-state index contributed by atoms with van der Waals surface area (Å²) in [6.07, 6.45) is 0.0860. The number of ether oxygens (including phenoxy) is 2. The standard InChI is InChI=1S/C10H9BrFNO2/c1-14-9-6(3-4-13)5-7(11)10(15-2)8(9)12/h5H,3H2,1-2H3. The molecule has 0 aliphatic rings. The largest absolute Gasteiger partial charge is 0.493 e. The van der Waals surface area contributed by atoms with Crippen LogP contribution in [0.25, 0.3) is 0 Å². The minimum Gasteiger partial charge on any atom is -0.493 e. The first-order valence-electron chi connectivity index (χ1n) is 4.11. The first-order chi connectivity index (χ1) is 7.15. The Kier molecular flexibility index (Phi) is 3.92. The van der Waals surface area contributed by atoms with E-state index in [4.69, 9.17) is 14.7 Å². The summed E-state index contributed by atoms with van der Waals surface area (Å²) in [7, 11) is 2.72. The number of hydrogen-bond acceptors (Lipinski definition) is 3. The van der Waals surface area contributed by atoms with Gasteiger partial charge >= 0.3 is 0 Å². The van der Waals surface area contributed by atoms with Gasteiger partial charge in [-0.25, -0.2) is 0 Å². The van der Waals surface area contributed by atoms with E-state index in [-0.39, 0.29) is 17.9 Å². The van der Waals surface area contributed by atoms with Crippen molar-refractivity contribution in [3.05, 3.63) is 21.9 Å². The van der Waals surface area contributed by atoms with E-state index in [9.17, 15) is 4.39 Å². The molecular formula is C10H9BrFNO2. The van der Waals surface area contributed by atoms with Gasteiger partial charge in [-0.15, -0.1) is 0 Å². The van der Waals surface area contributed by atoms with E-state index < -0.39 is 5.82 Å². The zero-order valence-corrected chi connectivity index (χ0v) is 9.89. The lowest BCUT2D eigenvalue weighted by molar-refractivity contribution is 0.346. The van der Waals surface area contributed by atoms with Crippen LogP contribution in [0.3, 0.4) is 0 Å². The number of rotatable bonds is 3. The minimum absolute atomic E-state index is 0.0524. The summed E-state index contributed by atoms with van der Waals surface area (Å²) >= 11 is 3.16. The summed E-state index contributed by atoms with van der Waals surface area (Å²) in [5, 5.41) is 8.57. The molecule has 0 radical (unpaired) electrons. The summed E-state index contributed by atoms with van der Waals surface area (Å²) in [6, 6.07) is 3.56. The quantitative estimate of drug-likeness (QED) is 0.851. The Morgan fingerprint density at radius 3 is 2.47 bits per heavy atom. The molecule has 0 bridgehead atoms. The van der Waals surface area contributed by atoms with Gasteiger partial charge in [0.1, 0.15) is 0 Å². The average molecular weight is 274 g/mol. The molecule has 0 heterocycles. The van der Waals surface area contributed by atoms with E-state index in [1.54, 1.807) is 6.07 Å². The van der Waals surface area contributed by atoms with Gasteiger partial charge in [-0.1, -0.05) is 0 Å². The molecule has 0 aliphatic heterocycles. The molecule has 0 spiro atoms. The van der Waals surface area contributed by atoms with Crippen molar-refractivity contribution in [1.29, 1.82) is 5.26 Å². The van der Waals surface area contributed by atoms with E-state index in [0.717, 1.165) is 0 Å². The summed E-state index contributed by atoms with van der Waals surface area (Å²) < 4.78 is 24.0. The number of nitriles is 1. The van der Waals surface area contributed by atoms with Gasteiger partial charge in [0.05, 0.1) is 31.2 Å². The van der Waals surface area contributed by atoms with Crippen molar-refractivity contribution < 1.29 is 13.9 Å². The Morgan fingerprint density at radius 1 is 1.40 bits per heavy atom. The molecular weight excluding hydrogens is 265 g/mol. The third-order valence-electron chi connectivity index (χ3n) is 1.89. The Bertz CT molecular complexity index is 415. The Balaban J connectivity index is 3.38. The number of benzene rings is 1. The smallest absolute Gasteiger partial charge is 0.208 e. The van der Waals surface area contributed by atoms with Gasteiger partial charge in [0, 0.05) is 5.56 Å². The van der Waals surface area contributed by atoms with Crippen molar-refractivity contribution in [3.8, 4) is 17.6 Å². The topological polar surface area (TPSA) is 42.2 Å². The second-order valence-corrected chi connectivity index (χ2v) is 3.59. The molecule has 0 unspecified atom stereocenters. The predicted molar refractivity (Wildman–Crippen MR) is 56.5 cm³/mol. The van der Waals surface area contributed by atoms with Crippen LogP contribution in [-0.2, 0) is 6.42 Å². The maximum atomic E-state index is 13.7. The van der Waals surface area contributed by atoms with Crippen LogP contribution < -0.4 is 9.47 Å². The maximum absolute atomic E-state index is 13.7. The van der Waals surface area contributed by atoms with E-state index in [1.807, 2.05) is 6.07 Å². The van der Waals surface area contributed by atoms with Crippen LogP contribution in [0, 0.1) is 17.1 Å². The molecule has 3 nitrogen and oxygen atoms in total. The van der Waals surface area contributed by atoms with Crippen molar-refractivity contribution >= 4 is 15.9 Å². The molecule has 1 aromatic rings. The van der Waals surface area contributed by atoms with Gasteiger partial charge < -0.3 is 9.47 Å². The molecule has 0 aliphatic carbocycles. The van der Waals surface area contributed by atoms with Gasteiger partial charge in [0.15, 0.2) is 11.5 Å². The number of halogens is 2. The van der Waals surface area contributed by atoms with Crippen molar-refractivity contribution in [2.24, 2.45) is 0 Å². The normalized spacial score (nSPS) is 9.53. The highest BCUT2D eigenvalue weighted by molar-refractivity contribution is 9.10. The van der Waals surface area contributed by atoms with E-state index in [2.05, 4.69) is 15.9 Å². The molecule has 0 fully saturated rings. The Labute approximate surface area is 95.5 Å². The third-order valence-corrected chi connectivity index (χ3v) is 2.48. The van der Waals surface area contributed by atoms with E-state index in [1.165, 1.54) is 14.2 Å². The van der Waals surface area contributed by atoms with Crippen LogP contribution in [0.5, 0.6) is 11.5 Å². The van der Waals surface area contributed by atoms with Crippen LogP contribution >= 0.6 is 15.9 Å². The highest BCUT2D eigenvalue weighted by Gasteiger charge is 2.18. The average Bonchev–Trinajstić information content (AvgIpc) is 2.19. The fraction of sp³-hybridized carbons (Fsp3) is 0.300. The second kappa shape index (κ2) is 4.99. The third kappa shape index (κ3) is 2.21. The van der Waals surface area contributed by atoms with Gasteiger partial charge in [0.25, 0.3) is 0 Å². The fourth-order valence-corrected chi connectivity index (χ4v) is 1.87. The fourth-order valence-electron chi connectivity index (χ4n) is 1.26. The van der Waals surface area contributed by atoms with Gasteiger partial charge in [0.2, 0.25) is 5.82 Å². The zero-order valence-electron chi connectivity index (χ0n) is 8.30. The lowest BCUT2D eigenvalue weighted by Crippen LogP contribution is -1.99. The molecule has 15 heavy (non-hydrogen) atoms. The van der Waals surface area contributed by atoms with Crippen molar-refractivity contribution in [2.75, 3.05) is 14.2 Å². The predicted octanol–water partition coefficient (Wildman–Crippen LogP) is 2.67. The molecule has 5 heteroatoms. The molecule has 0 amide bonds. The van der Waals surface area contributed by atoms with Crippen molar-refractivity contribution in [1.82, 2.24) is 0 Å². The molecule has 0 N–H and O–H groups in total. The van der Waals surface area contributed by atoms with Gasteiger partial charge in [-0.3, -0.25) is 0 Å². The van der Waals surface area contributed by atoms with Crippen LogP contribution in [0.2, 0.25) is 0 Å². The van der Waals surface area contributed by atoms with Crippen LogP contribution in [-0.4, -0.2) is 14.2 Å². The monoisotopic (exact) mass is 273 g/mol. The Morgan fingerprint density at radius 2 is 2.00 bits per heavy atom. The van der Waals surface area contributed by atoms with E-state index in [0.29, 0.717) is 10.0 Å².